The number of likely N-dealkylation sites (tertiary alicyclic amines) is 1. The zero-order chi connectivity index (χ0) is 16.1. The maximum atomic E-state index is 12.3. The fourth-order valence-corrected chi connectivity index (χ4v) is 3.10. The Labute approximate surface area is 133 Å². The third-order valence-corrected chi connectivity index (χ3v) is 4.33. The summed E-state index contributed by atoms with van der Waals surface area (Å²) in [6, 6.07) is 6.27. The number of rotatable bonds is 5. The molecule has 0 bridgehead atoms. The summed E-state index contributed by atoms with van der Waals surface area (Å²) in [5, 5.41) is 0. The van der Waals surface area contributed by atoms with E-state index < -0.39 is 0 Å². The fourth-order valence-electron chi connectivity index (χ4n) is 3.10. The zero-order valence-electron chi connectivity index (χ0n) is 14.0. The Balaban J connectivity index is 1.80. The largest absolute Gasteiger partial charge is 0.493 e. The topological polar surface area (TPSA) is 55.6 Å². The highest BCUT2D eigenvalue weighted by Gasteiger charge is 2.25. The van der Waals surface area contributed by atoms with Crippen molar-refractivity contribution in [2.75, 3.05) is 19.7 Å². The second kappa shape index (κ2) is 7.63. The summed E-state index contributed by atoms with van der Waals surface area (Å²) in [6.45, 7) is 8.20. The predicted molar refractivity (Wildman–Crippen MR) is 89.0 cm³/mol. The molecule has 1 aliphatic heterocycles. The summed E-state index contributed by atoms with van der Waals surface area (Å²) in [5.74, 6) is 1.45. The van der Waals surface area contributed by atoms with Crippen LogP contribution >= 0.6 is 0 Å². The summed E-state index contributed by atoms with van der Waals surface area (Å²) in [4.78, 5) is 14.2. The van der Waals surface area contributed by atoms with Crippen LogP contribution in [0.5, 0.6) is 5.75 Å². The van der Waals surface area contributed by atoms with E-state index in [1.807, 2.05) is 37.8 Å². The van der Waals surface area contributed by atoms with Gasteiger partial charge < -0.3 is 15.4 Å². The molecular formula is C18H28N2O2. The van der Waals surface area contributed by atoms with Crippen molar-refractivity contribution in [3.05, 3.63) is 29.3 Å². The van der Waals surface area contributed by atoms with Gasteiger partial charge in [-0.25, -0.2) is 0 Å². The minimum atomic E-state index is 0.155. The van der Waals surface area contributed by atoms with E-state index in [2.05, 4.69) is 6.07 Å². The second-order valence-corrected chi connectivity index (χ2v) is 6.52. The Morgan fingerprint density at radius 1 is 1.36 bits per heavy atom. The number of aryl methyl sites for hydroxylation is 2. The van der Waals surface area contributed by atoms with Gasteiger partial charge in [-0.2, -0.15) is 0 Å². The number of amides is 1. The van der Waals surface area contributed by atoms with Crippen LogP contribution in [0.1, 0.15) is 37.3 Å². The number of nitrogens with zero attached hydrogens (tertiary/aromatic N) is 1. The van der Waals surface area contributed by atoms with E-state index >= 15 is 0 Å². The van der Waals surface area contributed by atoms with Crippen molar-refractivity contribution in [3.8, 4) is 5.75 Å². The lowest BCUT2D eigenvalue weighted by Crippen LogP contribution is -2.45. The van der Waals surface area contributed by atoms with Gasteiger partial charge >= 0.3 is 0 Å². The highest BCUT2D eigenvalue weighted by molar-refractivity contribution is 5.76. The lowest BCUT2D eigenvalue weighted by Gasteiger charge is -2.34. The Bertz CT molecular complexity index is 494. The number of ether oxygens (including phenoxy) is 1. The van der Waals surface area contributed by atoms with E-state index in [4.69, 9.17) is 10.5 Å². The summed E-state index contributed by atoms with van der Waals surface area (Å²) in [5.41, 5.74) is 8.33. The van der Waals surface area contributed by atoms with Gasteiger partial charge in [0.1, 0.15) is 5.75 Å². The molecule has 0 aromatic heterocycles. The van der Waals surface area contributed by atoms with Crippen molar-refractivity contribution < 1.29 is 9.53 Å². The molecular weight excluding hydrogens is 276 g/mol. The third kappa shape index (κ3) is 4.73. The van der Waals surface area contributed by atoms with Crippen LogP contribution in [-0.2, 0) is 4.79 Å². The van der Waals surface area contributed by atoms with Crippen LogP contribution in [0, 0.1) is 19.8 Å². The Morgan fingerprint density at radius 2 is 2.05 bits per heavy atom. The monoisotopic (exact) mass is 304 g/mol. The van der Waals surface area contributed by atoms with Gasteiger partial charge in [0.2, 0.25) is 5.91 Å². The van der Waals surface area contributed by atoms with E-state index in [1.54, 1.807) is 0 Å². The first-order chi connectivity index (χ1) is 10.5. The van der Waals surface area contributed by atoms with Crippen LogP contribution in [0.4, 0.5) is 0 Å². The van der Waals surface area contributed by atoms with Crippen LogP contribution in [0.3, 0.4) is 0 Å². The zero-order valence-corrected chi connectivity index (χ0v) is 14.0. The summed E-state index contributed by atoms with van der Waals surface area (Å²) < 4.78 is 5.73. The molecule has 0 saturated carbocycles. The first-order valence-corrected chi connectivity index (χ1v) is 8.20. The lowest BCUT2D eigenvalue weighted by molar-refractivity contribution is -0.133. The van der Waals surface area contributed by atoms with Gasteiger partial charge in [-0.1, -0.05) is 6.07 Å². The molecule has 1 aromatic rings. The smallest absolute Gasteiger partial charge is 0.226 e. The molecule has 1 amide bonds. The van der Waals surface area contributed by atoms with Gasteiger partial charge in [0.15, 0.2) is 0 Å². The Hall–Kier alpha value is -1.55. The molecule has 1 aliphatic rings. The van der Waals surface area contributed by atoms with Gasteiger partial charge in [-0.15, -0.1) is 0 Å². The van der Waals surface area contributed by atoms with Crippen molar-refractivity contribution in [2.45, 2.75) is 46.1 Å². The van der Waals surface area contributed by atoms with Crippen molar-refractivity contribution in [1.29, 1.82) is 0 Å². The highest BCUT2D eigenvalue weighted by atomic mass is 16.5. The molecule has 0 aliphatic carbocycles. The van der Waals surface area contributed by atoms with Crippen molar-refractivity contribution in [2.24, 2.45) is 11.7 Å². The van der Waals surface area contributed by atoms with Crippen molar-refractivity contribution >= 4 is 5.91 Å². The Morgan fingerprint density at radius 3 is 2.68 bits per heavy atom. The van der Waals surface area contributed by atoms with Gasteiger partial charge in [0.05, 0.1) is 13.0 Å². The van der Waals surface area contributed by atoms with Crippen LogP contribution < -0.4 is 10.5 Å². The number of carbonyl (C=O) groups excluding carboxylic acids is 1. The number of hydrogen-bond donors (Lipinski definition) is 1. The first-order valence-electron chi connectivity index (χ1n) is 8.20. The number of piperidine rings is 1. The van der Waals surface area contributed by atoms with E-state index in [-0.39, 0.29) is 11.9 Å². The minimum Gasteiger partial charge on any atom is -0.493 e. The minimum absolute atomic E-state index is 0.155. The van der Waals surface area contributed by atoms with Gasteiger partial charge in [0.25, 0.3) is 0 Å². The number of carbonyl (C=O) groups is 1. The van der Waals surface area contributed by atoms with Crippen LogP contribution in [0.2, 0.25) is 0 Å². The maximum Gasteiger partial charge on any atom is 0.226 e. The van der Waals surface area contributed by atoms with Gasteiger partial charge in [-0.05, 0) is 62.8 Å². The molecule has 2 unspecified atom stereocenters. The maximum absolute atomic E-state index is 12.3. The third-order valence-electron chi connectivity index (χ3n) is 4.33. The molecule has 1 fully saturated rings. The Kier molecular flexibility index (Phi) is 5.83. The average molecular weight is 304 g/mol. The quantitative estimate of drug-likeness (QED) is 0.910. The molecule has 0 radical (unpaired) electrons. The number of hydrogen-bond acceptors (Lipinski definition) is 3. The molecule has 0 spiro atoms. The van der Waals surface area contributed by atoms with Gasteiger partial charge in [-0.3, -0.25) is 4.79 Å². The molecule has 1 heterocycles. The highest BCUT2D eigenvalue weighted by Crippen LogP contribution is 2.20. The SMILES string of the molecule is Cc1cc(C)cc(OCCC(=O)N2CCCC(C(C)N)C2)c1. The van der Waals surface area contributed by atoms with Gasteiger partial charge in [0, 0.05) is 19.1 Å². The summed E-state index contributed by atoms with van der Waals surface area (Å²) >= 11 is 0. The molecule has 122 valence electrons. The molecule has 1 aromatic carbocycles. The molecule has 4 heteroatoms. The molecule has 1 saturated heterocycles. The van der Waals surface area contributed by atoms with Crippen LogP contribution in [-0.4, -0.2) is 36.5 Å². The molecule has 4 nitrogen and oxygen atoms in total. The van der Waals surface area contributed by atoms with Crippen LogP contribution in [0.15, 0.2) is 18.2 Å². The van der Waals surface area contributed by atoms with E-state index in [0.29, 0.717) is 18.9 Å². The summed E-state index contributed by atoms with van der Waals surface area (Å²) in [7, 11) is 0. The van der Waals surface area contributed by atoms with E-state index in [0.717, 1.165) is 31.7 Å². The lowest BCUT2D eigenvalue weighted by atomic mass is 9.92. The fraction of sp³-hybridized carbons (Fsp3) is 0.611. The first kappa shape index (κ1) is 16.8. The number of benzene rings is 1. The van der Waals surface area contributed by atoms with E-state index in [9.17, 15) is 4.79 Å². The molecule has 2 atom stereocenters. The molecule has 2 rings (SSSR count). The summed E-state index contributed by atoms with van der Waals surface area (Å²) in [6.07, 6.45) is 2.61. The van der Waals surface area contributed by atoms with Crippen molar-refractivity contribution in [1.82, 2.24) is 4.90 Å². The van der Waals surface area contributed by atoms with E-state index in [1.165, 1.54) is 11.1 Å². The average Bonchev–Trinajstić information content (AvgIpc) is 2.46. The standard InChI is InChI=1S/C18H28N2O2/c1-13-9-14(2)11-17(10-13)22-8-6-18(21)20-7-4-5-16(12-20)15(3)19/h9-11,15-16H,4-8,12,19H2,1-3H3. The van der Waals surface area contributed by atoms with Crippen molar-refractivity contribution in [3.63, 3.8) is 0 Å². The normalized spacial score (nSPS) is 19.8. The number of nitrogens with two attached hydrogens (primary N) is 1. The second-order valence-electron chi connectivity index (χ2n) is 6.52. The van der Waals surface area contributed by atoms with Crippen LogP contribution in [0.25, 0.3) is 0 Å². The molecule has 2 N–H and O–H groups in total. The molecule has 22 heavy (non-hydrogen) atoms. The predicted octanol–water partition coefficient (Wildman–Crippen LogP) is 2.66.